The van der Waals surface area contributed by atoms with Crippen molar-refractivity contribution in [1.29, 1.82) is 0 Å². The fourth-order valence-electron chi connectivity index (χ4n) is 4.34. The number of benzene rings is 1. The van der Waals surface area contributed by atoms with Crippen LogP contribution in [0.1, 0.15) is 147 Å². The van der Waals surface area contributed by atoms with Gasteiger partial charge in [0.2, 0.25) is 5.12 Å². The molecule has 0 fully saturated rings. The minimum Gasteiger partial charge on any atom is -0.507 e. The van der Waals surface area contributed by atoms with Gasteiger partial charge in [-0.05, 0) is 51.0 Å². The molecule has 3 nitrogen and oxygen atoms in total. The van der Waals surface area contributed by atoms with E-state index in [9.17, 15) is 4.79 Å². The molecule has 204 valence electrons. The molecule has 0 aromatic heterocycles. The second-order valence-electron chi connectivity index (χ2n) is 9.97. The molecule has 1 rings (SSSR count). The van der Waals surface area contributed by atoms with E-state index >= 15 is 0 Å². The Morgan fingerprint density at radius 1 is 0.629 bits per heavy atom. The third-order valence-corrected chi connectivity index (χ3v) is 6.86. The average Bonchev–Trinajstić information content (AvgIpc) is 2.85. The van der Waals surface area contributed by atoms with Crippen molar-refractivity contribution in [2.75, 3.05) is 19.6 Å². The van der Waals surface area contributed by atoms with Crippen LogP contribution in [0.15, 0.2) is 24.3 Å². The molecule has 1 aromatic rings. The third kappa shape index (κ3) is 22.0. The lowest BCUT2D eigenvalue weighted by Gasteiger charge is -2.22. The van der Waals surface area contributed by atoms with Crippen LogP contribution in [0.2, 0.25) is 0 Å². The monoisotopic (exact) mass is 507 g/mol. The van der Waals surface area contributed by atoms with E-state index in [-0.39, 0.29) is 11.3 Å². The molecule has 35 heavy (non-hydrogen) atoms. The zero-order chi connectivity index (χ0) is 26.0. The lowest BCUT2D eigenvalue weighted by molar-refractivity contribution is 0.108. The van der Waals surface area contributed by atoms with Gasteiger partial charge in [0.05, 0.1) is 5.56 Å². The highest BCUT2D eigenvalue weighted by Crippen LogP contribution is 2.17. The summed E-state index contributed by atoms with van der Waals surface area (Å²) in [6, 6.07) is 6.28. The number of aromatic hydroxyl groups is 1. The first-order valence-corrected chi connectivity index (χ1v) is 15.2. The Morgan fingerprint density at radius 3 is 1.29 bits per heavy atom. The van der Waals surface area contributed by atoms with E-state index in [0.29, 0.717) is 0 Å². The maximum atomic E-state index is 10.6. The zero-order valence-corrected chi connectivity index (χ0v) is 24.3. The number of unbranched alkanes of at least 4 members (excludes halogenated alkanes) is 15. The molecule has 1 N–H and O–H groups in total. The third-order valence-electron chi connectivity index (χ3n) is 6.62. The number of phenolic OH excluding ortho intramolecular Hbond substituents is 1. The maximum Gasteiger partial charge on any atom is 0.220 e. The quantitative estimate of drug-likeness (QED) is 0.121. The van der Waals surface area contributed by atoms with Gasteiger partial charge in [-0.15, -0.1) is 12.6 Å². The van der Waals surface area contributed by atoms with E-state index < -0.39 is 5.12 Å². The Labute approximate surface area is 223 Å². The predicted molar refractivity (Wildman–Crippen MR) is 158 cm³/mol. The summed E-state index contributed by atoms with van der Waals surface area (Å²) >= 11 is 3.56. The molecular formula is C31H57NO2S. The number of carbonyl (C=O) groups is 1. The van der Waals surface area contributed by atoms with Gasteiger partial charge >= 0.3 is 0 Å². The number of carbonyl (C=O) groups excluding carboxylic acids is 1. The largest absolute Gasteiger partial charge is 0.507 e. The number of hydrogen-bond donors (Lipinski definition) is 2. The van der Waals surface area contributed by atoms with Crippen molar-refractivity contribution < 1.29 is 9.90 Å². The zero-order valence-electron chi connectivity index (χ0n) is 23.4. The second-order valence-corrected chi connectivity index (χ2v) is 10.4. The molecule has 0 radical (unpaired) electrons. The van der Waals surface area contributed by atoms with Crippen molar-refractivity contribution in [3.8, 4) is 5.75 Å². The smallest absolute Gasteiger partial charge is 0.220 e. The lowest BCUT2D eigenvalue weighted by atomic mass is 10.1. The van der Waals surface area contributed by atoms with Gasteiger partial charge in [-0.3, -0.25) is 4.79 Å². The van der Waals surface area contributed by atoms with Gasteiger partial charge in [0.25, 0.3) is 0 Å². The van der Waals surface area contributed by atoms with Gasteiger partial charge in [0.1, 0.15) is 5.75 Å². The summed E-state index contributed by atoms with van der Waals surface area (Å²) in [6.45, 7) is 11.0. The number of nitrogens with zero attached hydrogens (tertiary/aromatic N) is 1. The van der Waals surface area contributed by atoms with Gasteiger partial charge in [-0.25, -0.2) is 0 Å². The summed E-state index contributed by atoms with van der Waals surface area (Å²) < 4.78 is 0. The maximum absolute atomic E-state index is 10.6. The van der Waals surface area contributed by atoms with Crippen molar-refractivity contribution in [3.05, 3.63) is 29.8 Å². The molecule has 0 atom stereocenters. The van der Waals surface area contributed by atoms with Crippen LogP contribution in [0.5, 0.6) is 5.75 Å². The van der Waals surface area contributed by atoms with Crippen LogP contribution in [-0.2, 0) is 0 Å². The topological polar surface area (TPSA) is 40.5 Å². The Morgan fingerprint density at radius 2 is 0.971 bits per heavy atom. The van der Waals surface area contributed by atoms with Crippen LogP contribution >= 0.6 is 12.6 Å². The summed E-state index contributed by atoms with van der Waals surface area (Å²) in [5, 5.41) is 8.59. The molecule has 1 aromatic carbocycles. The standard InChI is InChI=1S/C24H51N.C7H6O2S/c1-4-7-10-13-16-19-22-25(23-20-17-14-11-8-5-2)24-21-18-15-12-9-6-3;8-6-4-2-1-3-5(6)7(9)10/h4-24H2,1-3H3;1-4,8H,(H,9,10). The molecule has 0 spiro atoms. The van der Waals surface area contributed by atoms with Gasteiger partial charge < -0.3 is 10.0 Å². The van der Waals surface area contributed by atoms with E-state index in [0.717, 1.165) is 0 Å². The van der Waals surface area contributed by atoms with Gasteiger partial charge in [0, 0.05) is 0 Å². The van der Waals surface area contributed by atoms with Crippen LogP contribution < -0.4 is 0 Å². The summed E-state index contributed by atoms with van der Waals surface area (Å²) in [5.41, 5.74) is 0.242. The highest BCUT2D eigenvalue weighted by atomic mass is 32.1. The lowest BCUT2D eigenvalue weighted by Crippen LogP contribution is -2.27. The number of rotatable bonds is 22. The molecule has 0 aliphatic carbocycles. The van der Waals surface area contributed by atoms with Gasteiger partial charge in [-0.1, -0.05) is 129 Å². The first-order valence-electron chi connectivity index (χ1n) is 14.8. The number of para-hydroxylation sites is 1. The Hall–Kier alpha value is -1.00. The first kappa shape index (κ1) is 34.0. The van der Waals surface area contributed by atoms with E-state index in [4.69, 9.17) is 5.11 Å². The van der Waals surface area contributed by atoms with Crippen molar-refractivity contribution in [3.63, 3.8) is 0 Å². The molecular weight excluding hydrogens is 450 g/mol. The van der Waals surface area contributed by atoms with Crippen molar-refractivity contribution in [1.82, 2.24) is 4.90 Å². The van der Waals surface area contributed by atoms with Crippen molar-refractivity contribution >= 4 is 17.7 Å². The van der Waals surface area contributed by atoms with E-state index in [1.807, 2.05) is 0 Å². The Balaban J connectivity index is 0.000000952. The van der Waals surface area contributed by atoms with Crippen LogP contribution in [0.25, 0.3) is 0 Å². The van der Waals surface area contributed by atoms with Gasteiger partial charge in [0.15, 0.2) is 0 Å². The normalized spacial score (nSPS) is 10.9. The molecule has 0 aliphatic rings. The molecule has 0 heterocycles. The van der Waals surface area contributed by atoms with Crippen molar-refractivity contribution in [2.45, 2.75) is 136 Å². The summed E-state index contributed by atoms with van der Waals surface area (Å²) in [4.78, 5) is 13.4. The molecule has 0 amide bonds. The summed E-state index contributed by atoms with van der Waals surface area (Å²) in [6.07, 6.45) is 25.7. The summed E-state index contributed by atoms with van der Waals surface area (Å²) in [5.74, 6) is -0.0255. The molecule has 0 saturated heterocycles. The van der Waals surface area contributed by atoms with Gasteiger partial charge in [-0.2, -0.15) is 0 Å². The van der Waals surface area contributed by atoms with E-state index in [1.54, 1.807) is 12.1 Å². The van der Waals surface area contributed by atoms with Crippen LogP contribution in [0.3, 0.4) is 0 Å². The van der Waals surface area contributed by atoms with Crippen LogP contribution in [0, 0.1) is 0 Å². The molecule has 0 saturated carbocycles. The molecule has 0 bridgehead atoms. The Bertz CT molecular complexity index is 555. The van der Waals surface area contributed by atoms with E-state index in [1.165, 1.54) is 147 Å². The summed E-state index contributed by atoms with van der Waals surface area (Å²) in [7, 11) is 0. The highest BCUT2D eigenvalue weighted by molar-refractivity contribution is 7.97. The number of hydrogen-bond acceptors (Lipinski definition) is 3. The minimum atomic E-state index is -0.418. The van der Waals surface area contributed by atoms with E-state index in [2.05, 4.69) is 38.3 Å². The first-order chi connectivity index (χ1) is 17.1. The average molecular weight is 508 g/mol. The number of phenols is 1. The molecule has 0 aliphatic heterocycles. The molecule has 4 heteroatoms. The van der Waals surface area contributed by atoms with Crippen LogP contribution in [0.4, 0.5) is 0 Å². The predicted octanol–water partition coefficient (Wildman–Crippen LogP) is 9.83. The fraction of sp³-hybridized carbons (Fsp3) is 0.774. The Kier molecular flexibility index (Phi) is 25.3. The second kappa shape index (κ2) is 26.1. The van der Waals surface area contributed by atoms with Crippen LogP contribution in [-0.4, -0.2) is 34.8 Å². The number of thiol groups is 1. The highest BCUT2D eigenvalue weighted by Gasteiger charge is 2.05. The SMILES string of the molecule is CCCCCCCCN(CCCCCCCC)CCCCCCCC.O=C(S)c1ccccc1O. The minimum absolute atomic E-state index is 0.0255. The molecule has 0 unspecified atom stereocenters. The fourth-order valence-corrected chi connectivity index (χ4v) is 4.53. The van der Waals surface area contributed by atoms with Crippen molar-refractivity contribution in [2.24, 2.45) is 0 Å².